The molecule has 1 N–H and O–H groups in total. The zero-order valence-corrected chi connectivity index (χ0v) is 7.97. The number of halogens is 1. The minimum absolute atomic E-state index is 0.216. The van der Waals surface area contributed by atoms with Gasteiger partial charge in [-0.25, -0.2) is 4.39 Å². The molecule has 2 rings (SSSR count). The molecule has 0 amide bonds. The van der Waals surface area contributed by atoms with Crippen molar-refractivity contribution in [2.75, 3.05) is 13.8 Å². The molecule has 3 nitrogen and oxygen atoms in total. The van der Waals surface area contributed by atoms with Crippen molar-refractivity contribution in [1.82, 2.24) is 5.32 Å². The number of fused-ring (bicyclic) bond motifs is 1. The summed E-state index contributed by atoms with van der Waals surface area (Å²) in [5.74, 6) is 0.509. The first-order valence-electron chi connectivity index (χ1n) is 4.48. The van der Waals surface area contributed by atoms with Crippen LogP contribution in [0.5, 0.6) is 5.75 Å². The summed E-state index contributed by atoms with van der Waals surface area (Å²) in [5, 5.41) is 2.92. The van der Waals surface area contributed by atoms with Crippen LogP contribution in [-0.2, 0) is 17.9 Å². The van der Waals surface area contributed by atoms with Gasteiger partial charge in [-0.1, -0.05) is 0 Å². The van der Waals surface area contributed by atoms with E-state index in [-0.39, 0.29) is 12.6 Å². The summed E-state index contributed by atoms with van der Waals surface area (Å²) in [6.45, 7) is 1.16. The summed E-state index contributed by atoms with van der Waals surface area (Å²) in [5.41, 5.74) is 1.44. The topological polar surface area (TPSA) is 30.5 Å². The van der Waals surface area contributed by atoms with Crippen LogP contribution in [0.25, 0.3) is 0 Å². The molecule has 0 saturated carbocycles. The van der Waals surface area contributed by atoms with Gasteiger partial charge in [-0.15, -0.1) is 0 Å². The maximum atomic E-state index is 13.4. The largest absolute Gasteiger partial charge is 0.467 e. The van der Waals surface area contributed by atoms with Gasteiger partial charge in [-0.2, -0.15) is 0 Å². The van der Waals surface area contributed by atoms with Crippen LogP contribution in [0.3, 0.4) is 0 Å². The lowest BCUT2D eigenvalue weighted by atomic mass is 10.1. The zero-order valence-electron chi connectivity index (χ0n) is 7.97. The Morgan fingerprint density at radius 1 is 1.50 bits per heavy atom. The van der Waals surface area contributed by atoms with Crippen LogP contribution in [0, 0.1) is 5.82 Å². The van der Waals surface area contributed by atoms with E-state index < -0.39 is 0 Å². The van der Waals surface area contributed by atoms with Crippen molar-refractivity contribution in [3.63, 3.8) is 0 Å². The lowest BCUT2D eigenvalue weighted by Gasteiger charge is -2.20. The van der Waals surface area contributed by atoms with Crippen LogP contribution < -0.4 is 10.1 Å². The van der Waals surface area contributed by atoms with Gasteiger partial charge in [0.25, 0.3) is 0 Å². The Kier molecular flexibility index (Phi) is 2.65. The summed E-state index contributed by atoms with van der Waals surface area (Å²) in [6, 6.07) is 3.07. The standard InChI is InChI=1S/C10H12FNO2/c1-12-4-7-8-5-13-6-14-10(8)3-2-9(7)11/h2-3,12H,4-6H2,1H3. The molecule has 1 aliphatic rings. The van der Waals surface area contributed by atoms with Gasteiger partial charge in [0.2, 0.25) is 0 Å². The fraction of sp³-hybridized carbons (Fsp3) is 0.400. The minimum Gasteiger partial charge on any atom is -0.467 e. The smallest absolute Gasteiger partial charge is 0.189 e. The average molecular weight is 197 g/mol. The van der Waals surface area contributed by atoms with Gasteiger partial charge in [-0.05, 0) is 19.2 Å². The second kappa shape index (κ2) is 3.94. The molecule has 4 heteroatoms. The second-order valence-electron chi connectivity index (χ2n) is 3.14. The van der Waals surface area contributed by atoms with E-state index in [0.717, 1.165) is 11.3 Å². The highest BCUT2D eigenvalue weighted by Gasteiger charge is 2.17. The maximum Gasteiger partial charge on any atom is 0.189 e. The number of ether oxygens (including phenoxy) is 2. The zero-order chi connectivity index (χ0) is 9.97. The second-order valence-corrected chi connectivity index (χ2v) is 3.14. The Morgan fingerprint density at radius 3 is 3.14 bits per heavy atom. The molecule has 0 atom stereocenters. The van der Waals surface area contributed by atoms with Gasteiger partial charge in [0, 0.05) is 17.7 Å². The molecule has 0 aliphatic carbocycles. The molecule has 1 aromatic carbocycles. The first-order valence-corrected chi connectivity index (χ1v) is 4.48. The van der Waals surface area contributed by atoms with Crippen LogP contribution in [0.1, 0.15) is 11.1 Å². The van der Waals surface area contributed by atoms with E-state index >= 15 is 0 Å². The van der Waals surface area contributed by atoms with Gasteiger partial charge in [0.15, 0.2) is 6.79 Å². The van der Waals surface area contributed by atoms with Crippen LogP contribution in [0.2, 0.25) is 0 Å². The van der Waals surface area contributed by atoms with Crippen LogP contribution in [0.15, 0.2) is 12.1 Å². The van der Waals surface area contributed by atoms with E-state index in [4.69, 9.17) is 9.47 Å². The van der Waals surface area contributed by atoms with Crippen LogP contribution in [0.4, 0.5) is 4.39 Å². The van der Waals surface area contributed by atoms with Gasteiger partial charge in [0.1, 0.15) is 11.6 Å². The number of hydrogen-bond acceptors (Lipinski definition) is 3. The van der Waals surface area contributed by atoms with E-state index in [1.165, 1.54) is 6.07 Å². The van der Waals surface area contributed by atoms with Crippen molar-refractivity contribution in [3.05, 3.63) is 29.1 Å². The predicted octanol–water partition coefficient (Wildman–Crippen LogP) is 1.41. The van der Waals surface area contributed by atoms with E-state index in [0.29, 0.717) is 18.7 Å². The number of hydrogen-bond donors (Lipinski definition) is 1. The van der Waals surface area contributed by atoms with Gasteiger partial charge < -0.3 is 14.8 Å². The van der Waals surface area contributed by atoms with Crippen molar-refractivity contribution in [3.8, 4) is 5.75 Å². The molecule has 0 aromatic heterocycles. The third kappa shape index (κ3) is 1.58. The normalized spacial score (nSPS) is 14.7. The summed E-state index contributed by atoms with van der Waals surface area (Å²) >= 11 is 0. The predicted molar refractivity (Wildman–Crippen MR) is 49.4 cm³/mol. The number of benzene rings is 1. The molecule has 0 radical (unpaired) electrons. The average Bonchev–Trinajstić information content (AvgIpc) is 2.23. The van der Waals surface area contributed by atoms with E-state index in [2.05, 4.69) is 5.32 Å². The summed E-state index contributed by atoms with van der Waals surface area (Å²) in [7, 11) is 1.78. The Balaban J connectivity index is 2.43. The lowest BCUT2D eigenvalue weighted by molar-refractivity contribution is -0.0171. The SMILES string of the molecule is CNCc1c(F)ccc2c1COCO2. The van der Waals surface area contributed by atoms with Crippen molar-refractivity contribution in [2.45, 2.75) is 13.2 Å². The van der Waals surface area contributed by atoms with Crippen molar-refractivity contribution in [2.24, 2.45) is 0 Å². The quantitative estimate of drug-likeness (QED) is 0.777. The highest BCUT2D eigenvalue weighted by Crippen LogP contribution is 2.28. The molecular weight excluding hydrogens is 185 g/mol. The molecule has 1 heterocycles. The van der Waals surface area contributed by atoms with E-state index in [9.17, 15) is 4.39 Å². The minimum atomic E-state index is -0.216. The van der Waals surface area contributed by atoms with E-state index in [1.54, 1.807) is 13.1 Å². The third-order valence-electron chi connectivity index (χ3n) is 2.23. The molecule has 0 saturated heterocycles. The molecule has 76 valence electrons. The molecule has 0 unspecified atom stereocenters. The Morgan fingerprint density at radius 2 is 2.36 bits per heavy atom. The van der Waals surface area contributed by atoms with Gasteiger partial charge in [-0.3, -0.25) is 0 Å². The molecule has 14 heavy (non-hydrogen) atoms. The fourth-order valence-corrected chi connectivity index (χ4v) is 1.55. The maximum absolute atomic E-state index is 13.4. The molecule has 1 aromatic rings. The highest BCUT2D eigenvalue weighted by molar-refractivity contribution is 5.41. The third-order valence-corrected chi connectivity index (χ3v) is 2.23. The van der Waals surface area contributed by atoms with Crippen LogP contribution >= 0.6 is 0 Å². The number of nitrogens with one attached hydrogen (secondary N) is 1. The Labute approximate surface area is 81.8 Å². The van der Waals surface area contributed by atoms with Crippen molar-refractivity contribution < 1.29 is 13.9 Å². The first-order chi connectivity index (χ1) is 6.83. The van der Waals surface area contributed by atoms with Gasteiger partial charge >= 0.3 is 0 Å². The van der Waals surface area contributed by atoms with Crippen molar-refractivity contribution in [1.29, 1.82) is 0 Å². The van der Waals surface area contributed by atoms with Gasteiger partial charge in [0.05, 0.1) is 6.61 Å². The summed E-state index contributed by atoms with van der Waals surface area (Å²) < 4.78 is 23.8. The molecule has 1 aliphatic heterocycles. The van der Waals surface area contributed by atoms with E-state index in [1.807, 2.05) is 0 Å². The Bertz CT molecular complexity index is 341. The molecular formula is C10H12FNO2. The Hall–Kier alpha value is -1.13. The summed E-state index contributed by atoms with van der Waals surface area (Å²) in [6.07, 6.45) is 0. The fourth-order valence-electron chi connectivity index (χ4n) is 1.55. The lowest BCUT2D eigenvalue weighted by Crippen LogP contribution is -2.17. The first kappa shape index (κ1) is 9.43. The summed E-state index contributed by atoms with van der Waals surface area (Å²) in [4.78, 5) is 0. The van der Waals surface area contributed by atoms with Crippen LogP contribution in [-0.4, -0.2) is 13.8 Å². The highest BCUT2D eigenvalue weighted by atomic mass is 19.1. The molecule has 0 fully saturated rings. The molecule has 0 bridgehead atoms. The number of rotatable bonds is 2. The monoisotopic (exact) mass is 197 g/mol. The molecule has 0 spiro atoms. The van der Waals surface area contributed by atoms with Crippen molar-refractivity contribution >= 4 is 0 Å².